The Morgan fingerprint density at radius 2 is 0.972 bits per heavy atom. The van der Waals surface area contributed by atoms with Gasteiger partial charge in [-0.05, 0) is 49.4 Å². The molecule has 0 saturated heterocycles. The molecule has 2 aliphatic carbocycles. The van der Waals surface area contributed by atoms with E-state index in [-0.39, 0.29) is 33.5 Å². The van der Waals surface area contributed by atoms with Gasteiger partial charge in [0.05, 0.1) is 11.4 Å². The van der Waals surface area contributed by atoms with Crippen molar-refractivity contribution in [3.63, 3.8) is 0 Å². The SMILES string of the molecule is CC1(C)CC(NCCCCCCNC2=C(O)C(=C(C#N)C#N)CC(C)(C)C2)=C(O)C(=C(C#N)C#N)C1. The highest BCUT2D eigenvalue weighted by Gasteiger charge is 2.33. The van der Waals surface area contributed by atoms with E-state index in [0.717, 1.165) is 25.7 Å². The van der Waals surface area contributed by atoms with Gasteiger partial charge in [0.2, 0.25) is 0 Å². The summed E-state index contributed by atoms with van der Waals surface area (Å²) in [6.07, 6.45) is 6.05. The number of hydrogen-bond acceptors (Lipinski definition) is 8. The molecule has 2 rings (SSSR count). The third kappa shape index (κ3) is 7.31. The minimum atomic E-state index is -0.154. The molecule has 4 N–H and O–H groups in total. The van der Waals surface area contributed by atoms with Crippen molar-refractivity contribution in [3.05, 3.63) is 45.2 Å². The van der Waals surface area contributed by atoms with Gasteiger partial charge in [-0.25, -0.2) is 0 Å². The van der Waals surface area contributed by atoms with Crippen LogP contribution in [0.15, 0.2) is 45.2 Å². The van der Waals surface area contributed by atoms with Crippen molar-refractivity contribution < 1.29 is 10.2 Å². The average Bonchev–Trinajstić information content (AvgIpc) is 2.81. The smallest absolute Gasteiger partial charge is 0.139 e. The fraction of sp³-hybridized carbons (Fsp3) is 0.571. The standard InChI is InChI=1S/C28H36N6O2/c1-27(2)11-21(19(15-29)16-30)25(35)23(13-27)33-9-7-5-6-8-10-34-24-14-28(3,4)12-22(26(24)36)20(17-31)18-32/h33-36H,5-14H2,1-4H3. The highest BCUT2D eigenvalue weighted by atomic mass is 16.3. The van der Waals surface area contributed by atoms with Crippen LogP contribution in [0.5, 0.6) is 0 Å². The summed E-state index contributed by atoms with van der Waals surface area (Å²) in [5, 5.41) is 64.7. The fourth-order valence-electron chi connectivity index (χ4n) is 4.85. The van der Waals surface area contributed by atoms with Crippen molar-refractivity contribution in [2.75, 3.05) is 13.1 Å². The van der Waals surface area contributed by atoms with E-state index in [9.17, 15) is 31.3 Å². The summed E-state index contributed by atoms with van der Waals surface area (Å²) in [4.78, 5) is 0. The highest BCUT2D eigenvalue weighted by molar-refractivity contribution is 5.50. The largest absolute Gasteiger partial charge is 0.506 e. The first-order valence-corrected chi connectivity index (χ1v) is 12.4. The van der Waals surface area contributed by atoms with E-state index in [0.29, 0.717) is 61.3 Å². The van der Waals surface area contributed by atoms with Crippen molar-refractivity contribution in [3.8, 4) is 24.3 Å². The predicted molar refractivity (Wildman–Crippen MR) is 136 cm³/mol. The molecule has 190 valence electrons. The molecule has 0 radical (unpaired) electrons. The van der Waals surface area contributed by atoms with E-state index in [1.165, 1.54) is 0 Å². The quantitative estimate of drug-likeness (QED) is 0.241. The van der Waals surface area contributed by atoms with E-state index < -0.39 is 0 Å². The van der Waals surface area contributed by atoms with Crippen molar-refractivity contribution in [1.82, 2.24) is 10.6 Å². The lowest BCUT2D eigenvalue weighted by Crippen LogP contribution is -2.29. The summed E-state index contributed by atoms with van der Waals surface area (Å²) in [5.74, 6) is 0.0639. The van der Waals surface area contributed by atoms with Gasteiger partial charge < -0.3 is 20.8 Å². The van der Waals surface area contributed by atoms with E-state index in [2.05, 4.69) is 38.3 Å². The topological polar surface area (TPSA) is 160 Å². The molecule has 36 heavy (non-hydrogen) atoms. The Bertz CT molecular complexity index is 1030. The van der Waals surface area contributed by atoms with Crippen LogP contribution in [0.4, 0.5) is 0 Å². The first kappa shape index (κ1) is 28.4. The Kier molecular flexibility index (Phi) is 9.60. The van der Waals surface area contributed by atoms with Crippen molar-refractivity contribution in [2.45, 2.75) is 79.1 Å². The van der Waals surface area contributed by atoms with Gasteiger partial charge in [-0.2, -0.15) is 21.0 Å². The molecule has 0 spiro atoms. The highest BCUT2D eigenvalue weighted by Crippen LogP contribution is 2.42. The summed E-state index contributed by atoms with van der Waals surface area (Å²) in [6, 6.07) is 7.57. The van der Waals surface area contributed by atoms with Crippen LogP contribution in [0.25, 0.3) is 0 Å². The normalized spacial score (nSPS) is 18.4. The molecule has 0 aromatic carbocycles. The van der Waals surface area contributed by atoms with Crippen LogP contribution >= 0.6 is 0 Å². The van der Waals surface area contributed by atoms with Crippen LogP contribution in [-0.2, 0) is 0 Å². The zero-order valence-electron chi connectivity index (χ0n) is 21.8. The van der Waals surface area contributed by atoms with Crippen LogP contribution in [-0.4, -0.2) is 23.3 Å². The summed E-state index contributed by atoms with van der Waals surface area (Å²) < 4.78 is 0. The lowest BCUT2D eigenvalue weighted by molar-refractivity contribution is 0.290. The lowest BCUT2D eigenvalue weighted by Gasteiger charge is -2.33. The number of aliphatic hydroxyl groups excluding tert-OH is 2. The maximum atomic E-state index is 10.6. The Morgan fingerprint density at radius 3 is 1.28 bits per heavy atom. The second-order valence-corrected chi connectivity index (χ2v) is 11.1. The van der Waals surface area contributed by atoms with Crippen molar-refractivity contribution >= 4 is 0 Å². The number of allylic oxidation sites excluding steroid dienone is 6. The van der Waals surface area contributed by atoms with E-state index in [1.807, 2.05) is 24.3 Å². The molecule has 0 amide bonds. The maximum absolute atomic E-state index is 10.6. The molecule has 0 aliphatic heterocycles. The zero-order valence-corrected chi connectivity index (χ0v) is 21.8. The van der Waals surface area contributed by atoms with Gasteiger partial charge >= 0.3 is 0 Å². The van der Waals surface area contributed by atoms with Gasteiger partial charge in [0, 0.05) is 24.2 Å². The molecule has 0 bridgehead atoms. The van der Waals surface area contributed by atoms with Gasteiger partial charge in [-0.1, -0.05) is 40.5 Å². The summed E-state index contributed by atoms with van der Waals surface area (Å²) in [6.45, 7) is 9.60. The summed E-state index contributed by atoms with van der Waals surface area (Å²) >= 11 is 0. The van der Waals surface area contributed by atoms with E-state index in [4.69, 9.17) is 0 Å². The molecule has 0 fully saturated rings. The van der Waals surface area contributed by atoms with Gasteiger partial charge in [0.1, 0.15) is 46.9 Å². The Morgan fingerprint density at radius 1 is 0.639 bits per heavy atom. The average molecular weight is 489 g/mol. The monoisotopic (exact) mass is 488 g/mol. The lowest BCUT2D eigenvalue weighted by atomic mass is 9.75. The van der Waals surface area contributed by atoms with Gasteiger partial charge in [-0.15, -0.1) is 0 Å². The molecule has 0 unspecified atom stereocenters. The molecule has 8 nitrogen and oxygen atoms in total. The van der Waals surface area contributed by atoms with Crippen molar-refractivity contribution in [2.24, 2.45) is 10.8 Å². The summed E-state index contributed by atoms with van der Waals surface area (Å²) in [7, 11) is 0. The van der Waals surface area contributed by atoms with Gasteiger partial charge in [0.25, 0.3) is 0 Å². The number of rotatable bonds is 9. The molecule has 0 aromatic rings. The fourth-order valence-corrected chi connectivity index (χ4v) is 4.85. The Balaban J connectivity index is 1.85. The van der Waals surface area contributed by atoms with Gasteiger partial charge in [0.15, 0.2) is 0 Å². The number of aliphatic hydroxyl groups is 2. The maximum Gasteiger partial charge on any atom is 0.139 e. The third-order valence-corrected chi connectivity index (χ3v) is 6.60. The zero-order chi connectivity index (χ0) is 26.9. The van der Waals surface area contributed by atoms with Crippen LogP contribution in [0.3, 0.4) is 0 Å². The first-order valence-electron chi connectivity index (χ1n) is 12.4. The van der Waals surface area contributed by atoms with Crippen LogP contribution < -0.4 is 10.6 Å². The molecule has 0 heterocycles. The molecule has 8 heteroatoms. The van der Waals surface area contributed by atoms with Gasteiger partial charge in [-0.3, -0.25) is 0 Å². The van der Waals surface area contributed by atoms with Crippen LogP contribution in [0.1, 0.15) is 79.1 Å². The molecule has 0 atom stereocenters. The molecule has 0 aromatic heterocycles. The number of unbranched alkanes of at least 4 members (excludes halogenated alkanes) is 3. The Hall–Kier alpha value is -3.88. The predicted octanol–water partition coefficient (Wildman–Crippen LogP) is 5.59. The number of nitriles is 4. The number of hydrogen-bond donors (Lipinski definition) is 4. The summed E-state index contributed by atoms with van der Waals surface area (Å²) in [5.41, 5.74) is 1.84. The van der Waals surface area contributed by atoms with E-state index >= 15 is 0 Å². The molecular weight excluding hydrogens is 452 g/mol. The second kappa shape index (κ2) is 12.2. The second-order valence-electron chi connectivity index (χ2n) is 11.1. The first-order chi connectivity index (χ1) is 17.0. The number of nitrogens with zero attached hydrogens (tertiary/aromatic N) is 4. The van der Waals surface area contributed by atoms with Crippen LogP contribution in [0.2, 0.25) is 0 Å². The molecule has 2 aliphatic rings. The van der Waals surface area contributed by atoms with E-state index in [1.54, 1.807) is 0 Å². The minimum absolute atomic E-state index is 0.0319. The van der Waals surface area contributed by atoms with Crippen molar-refractivity contribution in [1.29, 1.82) is 21.0 Å². The van der Waals surface area contributed by atoms with Crippen LogP contribution in [0, 0.1) is 56.2 Å². The third-order valence-electron chi connectivity index (χ3n) is 6.60. The molecular formula is C28H36N6O2. The molecule has 0 saturated carbocycles. The Labute approximate surface area is 214 Å². The number of nitrogens with one attached hydrogen (secondary N) is 2. The minimum Gasteiger partial charge on any atom is -0.506 e.